The van der Waals surface area contributed by atoms with Gasteiger partial charge in [0.25, 0.3) is 5.92 Å². The monoisotopic (exact) mass is 253 g/mol. The molecule has 0 atom stereocenters. The van der Waals surface area contributed by atoms with Gasteiger partial charge in [-0.25, -0.2) is 8.78 Å². The lowest BCUT2D eigenvalue weighted by Crippen LogP contribution is -2.30. The molecule has 13 heavy (non-hydrogen) atoms. The van der Waals surface area contributed by atoms with E-state index in [0.29, 0.717) is 10.3 Å². The molecule has 3 nitrogen and oxygen atoms in total. The molecule has 0 spiro atoms. The van der Waals surface area contributed by atoms with E-state index in [4.69, 9.17) is 5.73 Å². The maximum atomic E-state index is 12.8. The molecular weight excluding hydrogens is 244 g/mol. The first kappa shape index (κ1) is 10.6. The normalized spacial score (nSPS) is 12.1. The summed E-state index contributed by atoms with van der Waals surface area (Å²) in [6.07, 6.45) is -0.376. The van der Waals surface area contributed by atoms with Crippen LogP contribution in [-0.4, -0.2) is 22.2 Å². The van der Waals surface area contributed by atoms with Crippen LogP contribution in [0, 0.1) is 0 Å². The van der Waals surface area contributed by atoms with Crippen molar-refractivity contribution in [3.05, 3.63) is 16.4 Å². The Labute approximate surface area is 83.0 Å². The quantitative estimate of drug-likeness (QED) is 0.884. The van der Waals surface area contributed by atoms with Crippen molar-refractivity contribution in [1.82, 2.24) is 9.78 Å². The predicted octanol–water partition coefficient (Wildman–Crippen LogP) is 1.32. The Kier molecular flexibility index (Phi) is 3.02. The molecule has 0 saturated carbocycles. The minimum Gasteiger partial charge on any atom is -0.325 e. The summed E-state index contributed by atoms with van der Waals surface area (Å²) in [6, 6.07) is 1.56. The highest BCUT2D eigenvalue weighted by atomic mass is 79.9. The molecule has 1 aromatic rings. The second kappa shape index (κ2) is 3.71. The SMILES string of the molecule is Cn1nc(Br)cc1CC(F)(F)CN. The second-order valence-corrected chi connectivity index (χ2v) is 3.63. The summed E-state index contributed by atoms with van der Waals surface area (Å²) < 4.78 is 27.7. The Morgan fingerprint density at radius 1 is 1.69 bits per heavy atom. The first-order valence-electron chi connectivity index (χ1n) is 3.71. The number of halogens is 3. The number of nitrogens with zero attached hydrogens (tertiary/aromatic N) is 2. The number of aromatic nitrogens is 2. The van der Waals surface area contributed by atoms with E-state index < -0.39 is 12.5 Å². The zero-order valence-electron chi connectivity index (χ0n) is 7.10. The lowest BCUT2D eigenvalue weighted by atomic mass is 10.2. The first-order valence-corrected chi connectivity index (χ1v) is 4.50. The second-order valence-electron chi connectivity index (χ2n) is 2.82. The molecule has 0 bridgehead atoms. The van der Waals surface area contributed by atoms with Gasteiger partial charge in [0.2, 0.25) is 0 Å². The predicted molar refractivity (Wildman–Crippen MR) is 48.6 cm³/mol. The number of hydrogen-bond donors (Lipinski definition) is 1. The molecule has 0 radical (unpaired) electrons. The highest BCUT2D eigenvalue weighted by molar-refractivity contribution is 9.10. The zero-order valence-corrected chi connectivity index (χ0v) is 8.68. The molecule has 0 amide bonds. The van der Waals surface area contributed by atoms with Crippen LogP contribution in [0.4, 0.5) is 8.78 Å². The van der Waals surface area contributed by atoms with Gasteiger partial charge in [0.05, 0.1) is 13.0 Å². The summed E-state index contributed by atoms with van der Waals surface area (Å²) in [5, 5.41) is 3.89. The first-order chi connectivity index (χ1) is 5.94. The van der Waals surface area contributed by atoms with E-state index >= 15 is 0 Å². The smallest absolute Gasteiger partial charge is 0.265 e. The van der Waals surface area contributed by atoms with Crippen LogP contribution in [0.3, 0.4) is 0 Å². The summed E-state index contributed by atoms with van der Waals surface area (Å²) in [6.45, 7) is -0.643. The van der Waals surface area contributed by atoms with Crippen molar-refractivity contribution >= 4 is 15.9 Å². The van der Waals surface area contributed by atoms with Gasteiger partial charge in [0.15, 0.2) is 0 Å². The van der Waals surface area contributed by atoms with Crippen LogP contribution in [0.5, 0.6) is 0 Å². The van der Waals surface area contributed by atoms with Crippen molar-refractivity contribution in [1.29, 1.82) is 0 Å². The van der Waals surface area contributed by atoms with Crippen LogP contribution in [0.25, 0.3) is 0 Å². The molecule has 0 saturated heterocycles. The van der Waals surface area contributed by atoms with E-state index in [2.05, 4.69) is 21.0 Å². The molecular formula is C7H10BrF2N3. The van der Waals surface area contributed by atoms with Crippen molar-refractivity contribution in [3.8, 4) is 0 Å². The lowest BCUT2D eigenvalue weighted by molar-refractivity contribution is 0.00968. The van der Waals surface area contributed by atoms with Gasteiger partial charge in [-0.1, -0.05) is 0 Å². The minimum absolute atomic E-state index is 0.376. The summed E-state index contributed by atoms with van der Waals surface area (Å²) >= 11 is 3.10. The maximum Gasteiger partial charge on any atom is 0.265 e. The Morgan fingerprint density at radius 2 is 2.31 bits per heavy atom. The number of rotatable bonds is 3. The van der Waals surface area contributed by atoms with Crippen LogP contribution < -0.4 is 5.73 Å². The maximum absolute atomic E-state index is 12.8. The number of aryl methyl sites for hydroxylation is 1. The van der Waals surface area contributed by atoms with Gasteiger partial charge in [-0.05, 0) is 22.0 Å². The zero-order chi connectivity index (χ0) is 10.1. The largest absolute Gasteiger partial charge is 0.325 e. The van der Waals surface area contributed by atoms with Crippen LogP contribution in [0.15, 0.2) is 10.7 Å². The van der Waals surface area contributed by atoms with Gasteiger partial charge in [-0.3, -0.25) is 4.68 Å². The molecule has 1 rings (SSSR count). The molecule has 74 valence electrons. The van der Waals surface area contributed by atoms with Crippen molar-refractivity contribution < 1.29 is 8.78 Å². The van der Waals surface area contributed by atoms with Gasteiger partial charge in [0.1, 0.15) is 4.60 Å². The molecule has 0 aliphatic carbocycles. The third-order valence-electron chi connectivity index (χ3n) is 1.69. The summed E-state index contributed by atoms with van der Waals surface area (Å²) in [4.78, 5) is 0. The third-order valence-corrected chi connectivity index (χ3v) is 2.07. The lowest BCUT2D eigenvalue weighted by Gasteiger charge is -2.12. The van der Waals surface area contributed by atoms with E-state index in [1.165, 1.54) is 4.68 Å². The van der Waals surface area contributed by atoms with Crippen molar-refractivity contribution in [2.45, 2.75) is 12.3 Å². The van der Waals surface area contributed by atoms with Gasteiger partial charge in [-0.2, -0.15) is 5.10 Å². The number of alkyl halides is 2. The van der Waals surface area contributed by atoms with Crippen LogP contribution in [-0.2, 0) is 13.5 Å². The molecule has 1 aromatic heterocycles. The number of nitrogens with two attached hydrogens (primary N) is 1. The fraction of sp³-hybridized carbons (Fsp3) is 0.571. The topological polar surface area (TPSA) is 43.8 Å². The van der Waals surface area contributed by atoms with Crippen molar-refractivity contribution in [2.24, 2.45) is 12.8 Å². The molecule has 0 fully saturated rings. The highest BCUT2D eigenvalue weighted by Crippen LogP contribution is 2.20. The van der Waals surface area contributed by atoms with E-state index in [9.17, 15) is 8.78 Å². The number of hydrogen-bond acceptors (Lipinski definition) is 2. The molecule has 0 aliphatic rings. The van der Waals surface area contributed by atoms with E-state index in [1.54, 1.807) is 13.1 Å². The van der Waals surface area contributed by atoms with Crippen LogP contribution in [0.2, 0.25) is 0 Å². The van der Waals surface area contributed by atoms with Gasteiger partial charge in [-0.15, -0.1) is 0 Å². The van der Waals surface area contributed by atoms with E-state index in [1.807, 2.05) is 0 Å². The Balaban J connectivity index is 2.79. The Bertz CT molecular complexity index is 298. The summed E-state index contributed by atoms with van der Waals surface area (Å²) in [5.74, 6) is -2.85. The van der Waals surface area contributed by atoms with Crippen LogP contribution >= 0.6 is 15.9 Å². The van der Waals surface area contributed by atoms with Gasteiger partial charge < -0.3 is 5.73 Å². The van der Waals surface area contributed by atoms with Crippen molar-refractivity contribution in [3.63, 3.8) is 0 Å². The van der Waals surface area contributed by atoms with E-state index in [-0.39, 0.29) is 6.42 Å². The Morgan fingerprint density at radius 3 is 2.69 bits per heavy atom. The van der Waals surface area contributed by atoms with Gasteiger partial charge >= 0.3 is 0 Å². The summed E-state index contributed by atoms with van der Waals surface area (Å²) in [5.41, 5.74) is 5.38. The molecule has 0 aromatic carbocycles. The van der Waals surface area contributed by atoms with E-state index in [0.717, 1.165) is 0 Å². The molecule has 0 unspecified atom stereocenters. The third kappa shape index (κ3) is 2.73. The standard InChI is InChI=1S/C7H10BrF2N3/c1-13-5(2-6(8)12-13)3-7(9,10)4-11/h2H,3-4,11H2,1H3. The molecule has 2 N–H and O–H groups in total. The fourth-order valence-corrected chi connectivity index (χ4v) is 1.47. The molecule has 1 heterocycles. The average Bonchev–Trinajstić information content (AvgIpc) is 2.30. The average molecular weight is 254 g/mol. The molecule has 6 heteroatoms. The van der Waals surface area contributed by atoms with Crippen LogP contribution in [0.1, 0.15) is 5.69 Å². The highest BCUT2D eigenvalue weighted by Gasteiger charge is 2.28. The minimum atomic E-state index is -2.85. The van der Waals surface area contributed by atoms with Gasteiger partial charge in [0, 0.05) is 12.7 Å². The Hall–Kier alpha value is -0.490. The molecule has 0 aliphatic heterocycles. The summed E-state index contributed by atoms with van der Waals surface area (Å²) in [7, 11) is 1.62. The fourth-order valence-electron chi connectivity index (χ4n) is 0.970. The van der Waals surface area contributed by atoms with Crippen molar-refractivity contribution in [2.75, 3.05) is 6.54 Å².